The van der Waals surface area contributed by atoms with Gasteiger partial charge < -0.3 is 15.5 Å². The number of oxime groups is 1. The Hall–Kier alpha value is -3.36. The highest BCUT2D eigenvalue weighted by atomic mass is 19.4. The van der Waals surface area contributed by atoms with Gasteiger partial charge in [0.25, 0.3) is 0 Å². The van der Waals surface area contributed by atoms with Gasteiger partial charge in [0.1, 0.15) is 6.61 Å². The molecule has 0 spiro atoms. The number of aryl methyl sites for hydroxylation is 3. The van der Waals surface area contributed by atoms with Crippen LogP contribution in [0.4, 0.5) is 13.2 Å². The molecule has 3 N–H and O–H groups in total. The highest BCUT2D eigenvalue weighted by molar-refractivity contribution is 6.01. The van der Waals surface area contributed by atoms with Crippen LogP contribution >= 0.6 is 0 Å². The van der Waals surface area contributed by atoms with Gasteiger partial charge in [0.2, 0.25) is 0 Å². The van der Waals surface area contributed by atoms with E-state index in [0.717, 1.165) is 37.3 Å². The molecule has 1 saturated heterocycles. The van der Waals surface area contributed by atoms with Crippen LogP contribution < -0.4 is 5.73 Å². The van der Waals surface area contributed by atoms with Crippen LogP contribution in [0, 0.1) is 5.41 Å². The average Bonchev–Trinajstić information content (AvgIpc) is 3.30. The van der Waals surface area contributed by atoms with Gasteiger partial charge >= 0.3 is 6.18 Å². The quantitative estimate of drug-likeness (QED) is 0.290. The van der Waals surface area contributed by atoms with Crippen molar-refractivity contribution in [1.29, 1.82) is 5.41 Å². The van der Waals surface area contributed by atoms with E-state index in [1.165, 1.54) is 11.6 Å². The van der Waals surface area contributed by atoms with Crippen molar-refractivity contribution in [3.05, 3.63) is 70.3 Å². The molecule has 0 saturated carbocycles. The van der Waals surface area contributed by atoms with Gasteiger partial charge in [-0.25, -0.2) is 4.99 Å². The molecule has 1 heterocycles. The number of nitrogens with zero attached hydrogens (tertiary/aromatic N) is 3. The first-order valence-electron chi connectivity index (χ1n) is 11.8. The average molecular weight is 488 g/mol. The van der Waals surface area contributed by atoms with Crippen molar-refractivity contribution in [1.82, 2.24) is 4.90 Å². The maximum Gasteiger partial charge on any atom is 0.416 e. The summed E-state index contributed by atoms with van der Waals surface area (Å²) in [6.07, 6.45) is -0.0465. The van der Waals surface area contributed by atoms with Gasteiger partial charge in [-0.1, -0.05) is 54.9 Å². The predicted octanol–water partition coefficient (Wildman–Crippen LogP) is 5.18. The van der Waals surface area contributed by atoms with Crippen LogP contribution in [-0.4, -0.2) is 42.6 Å². The van der Waals surface area contributed by atoms with E-state index in [4.69, 9.17) is 16.0 Å². The van der Waals surface area contributed by atoms with Gasteiger partial charge in [0.15, 0.2) is 11.8 Å². The molecule has 0 aliphatic carbocycles. The summed E-state index contributed by atoms with van der Waals surface area (Å²) in [5, 5.41) is 11.5. The third-order valence-corrected chi connectivity index (χ3v) is 6.17. The lowest BCUT2D eigenvalue weighted by atomic mass is 9.96. The topological polar surface area (TPSA) is 87.1 Å². The third kappa shape index (κ3) is 7.07. The van der Waals surface area contributed by atoms with Gasteiger partial charge in [0, 0.05) is 12.1 Å². The fourth-order valence-electron chi connectivity index (χ4n) is 4.32. The monoisotopic (exact) mass is 487 g/mol. The molecular weight excluding hydrogens is 455 g/mol. The summed E-state index contributed by atoms with van der Waals surface area (Å²) in [7, 11) is 0. The Morgan fingerprint density at radius 2 is 1.83 bits per heavy atom. The van der Waals surface area contributed by atoms with Crippen molar-refractivity contribution in [2.45, 2.75) is 57.7 Å². The number of nitrogens with one attached hydrogen (secondary N) is 1. The Morgan fingerprint density at radius 3 is 2.43 bits per heavy atom. The SMILES string of the molecule is C=N/C(=N\OCC1CCCN1C(=N)N)c1ccc(CCc2ccc(CCC)cc2)c(C(F)(F)F)c1. The van der Waals surface area contributed by atoms with E-state index in [1.807, 2.05) is 24.3 Å². The van der Waals surface area contributed by atoms with Crippen molar-refractivity contribution in [3.63, 3.8) is 0 Å². The second kappa shape index (κ2) is 11.9. The number of aliphatic imine (C=N–C) groups is 1. The summed E-state index contributed by atoms with van der Waals surface area (Å²) in [6.45, 7) is 6.36. The van der Waals surface area contributed by atoms with Crippen LogP contribution in [0.1, 0.15) is 54.0 Å². The van der Waals surface area contributed by atoms with Crippen molar-refractivity contribution in [3.8, 4) is 0 Å². The molecule has 0 aromatic heterocycles. The lowest BCUT2D eigenvalue weighted by Crippen LogP contribution is -2.41. The number of rotatable bonds is 9. The summed E-state index contributed by atoms with van der Waals surface area (Å²) < 4.78 is 41.6. The van der Waals surface area contributed by atoms with Crippen LogP contribution in [0.15, 0.2) is 52.6 Å². The van der Waals surface area contributed by atoms with E-state index in [0.29, 0.717) is 13.0 Å². The number of amidine groups is 1. The molecule has 9 heteroatoms. The van der Waals surface area contributed by atoms with Crippen molar-refractivity contribution < 1.29 is 18.0 Å². The summed E-state index contributed by atoms with van der Waals surface area (Å²) >= 11 is 0. The van der Waals surface area contributed by atoms with E-state index in [9.17, 15) is 13.2 Å². The Bertz CT molecular complexity index is 1050. The largest absolute Gasteiger partial charge is 0.416 e. The molecule has 1 aliphatic rings. The standard InChI is InChI=1S/C26H32F3N5O/c1-3-5-18-7-9-19(10-8-18)11-12-20-13-14-21(16-23(20)26(27,28)29)24(32-2)33-35-17-22-6-4-15-34(22)25(30)31/h7-10,13-14,16,22H,2-6,11-12,15,17H2,1H3,(H3,30,31)/b33-24-. The fraction of sp³-hybridized carbons (Fsp3) is 0.423. The van der Waals surface area contributed by atoms with Crippen molar-refractivity contribution in [2.75, 3.05) is 13.2 Å². The van der Waals surface area contributed by atoms with Gasteiger partial charge in [-0.15, -0.1) is 0 Å². The molecule has 2 aromatic carbocycles. The highest BCUT2D eigenvalue weighted by Gasteiger charge is 2.34. The normalized spacial score (nSPS) is 16.4. The lowest BCUT2D eigenvalue weighted by Gasteiger charge is -2.23. The second-order valence-corrected chi connectivity index (χ2v) is 8.68. The molecule has 6 nitrogen and oxygen atoms in total. The third-order valence-electron chi connectivity index (χ3n) is 6.17. The first-order valence-corrected chi connectivity index (χ1v) is 11.8. The summed E-state index contributed by atoms with van der Waals surface area (Å²) in [5.41, 5.74) is 7.47. The summed E-state index contributed by atoms with van der Waals surface area (Å²) in [5.74, 6) is -0.0645. The van der Waals surface area contributed by atoms with E-state index >= 15 is 0 Å². The molecule has 1 atom stereocenters. The minimum Gasteiger partial charge on any atom is -0.392 e. The molecular formula is C26H32F3N5O. The highest BCUT2D eigenvalue weighted by Crippen LogP contribution is 2.33. The maximum atomic E-state index is 13.9. The van der Waals surface area contributed by atoms with Crippen LogP contribution in [0.5, 0.6) is 0 Å². The Morgan fingerprint density at radius 1 is 1.14 bits per heavy atom. The van der Waals surface area contributed by atoms with Crippen LogP contribution in [0.25, 0.3) is 0 Å². The van der Waals surface area contributed by atoms with Gasteiger partial charge in [0.05, 0.1) is 11.6 Å². The number of halogens is 3. The summed E-state index contributed by atoms with van der Waals surface area (Å²) in [6, 6.07) is 12.0. The number of nitrogens with two attached hydrogens (primary N) is 1. The second-order valence-electron chi connectivity index (χ2n) is 8.68. The van der Waals surface area contributed by atoms with Crippen molar-refractivity contribution in [2.24, 2.45) is 15.9 Å². The van der Waals surface area contributed by atoms with Crippen molar-refractivity contribution >= 4 is 18.5 Å². The van der Waals surface area contributed by atoms with E-state index in [-0.39, 0.29) is 42.0 Å². The number of alkyl halides is 3. The molecule has 188 valence electrons. The summed E-state index contributed by atoms with van der Waals surface area (Å²) in [4.78, 5) is 10.9. The first kappa shape index (κ1) is 26.2. The molecule has 3 rings (SSSR count). The molecule has 1 aliphatic heterocycles. The number of likely N-dealkylation sites (tertiary alicyclic amines) is 1. The lowest BCUT2D eigenvalue weighted by molar-refractivity contribution is -0.138. The molecule has 35 heavy (non-hydrogen) atoms. The van der Waals surface area contributed by atoms with Crippen LogP contribution in [0.2, 0.25) is 0 Å². The molecule has 1 unspecified atom stereocenters. The fourth-order valence-corrected chi connectivity index (χ4v) is 4.32. The smallest absolute Gasteiger partial charge is 0.392 e. The Kier molecular flexibility index (Phi) is 8.89. The zero-order valence-corrected chi connectivity index (χ0v) is 19.9. The number of benzene rings is 2. The van der Waals surface area contributed by atoms with Gasteiger partial charge in [-0.05, 0) is 61.6 Å². The molecule has 0 radical (unpaired) electrons. The number of hydrogen-bond donors (Lipinski definition) is 2. The minimum absolute atomic E-state index is 0.0269. The number of hydrogen-bond acceptors (Lipinski definition) is 3. The molecule has 1 fully saturated rings. The maximum absolute atomic E-state index is 13.9. The Labute approximate surface area is 204 Å². The zero-order valence-electron chi connectivity index (χ0n) is 19.9. The van der Waals surface area contributed by atoms with Gasteiger partial charge in [-0.3, -0.25) is 5.41 Å². The van der Waals surface area contributed by atoms with Gasteiger partial charge in [-0.2, -0.15) is 13.2 Å². The first-order chi connectivity index (χ1) is 16.7. The molecule has 0 amide bonds. The van der Waals surface area contributed by atoms with Crippen LogP contribution in [0.3, 0.4) is 0 Å². The number of guanidine groups is 1. The molecule has 2 aromatic rings. The Balaban J connectivity index is 1.73. The molecule has 0 bridgehead atoms. The van der Waals surface area contributed by atoms with E-state index < -0.39 is 11.7 Å². The van der Waals surface area contributed by atoms with Crippen LogP contribution in [-0.2, 0) is 30.3 Å². The predicted molar refractivity (Wildman–Crippen MR) is 133 cm³/mol. The van der Waals surface area contributed by atoms with E-state index in [1.54, 1.807) is 11.0 Å². The van der Waals surface area contributed by atoms with E-state index in [2.05, 4.69) is 23.8 Å². The minimum atomic E-state index is -4.52. The zero-order chi connectivity index (χ0) is 25.4.